The van der Waals surface area contributed by atoms with Crippen LogP contribution in [-0.4, -0.2) is 46.3 Å². The van der Waals surface area contributed by atoms with E-state index >= 15 is 0 Å². The van der Waals surface area contributed by atoms with Crippen LogP contribution in [0.5, 0.6) is 5.75 Å². The Bertz CT molecular complexity index is 1170. The van der Waals surface area contributed by atoms with Crippen molar-refractivity contribution >= 4 is 43.3 Å². The van der Waals surface area contributed by atoms with Crippen LogP contribution < -0.4 is 4.74 Å². The number of nitriles is 1. The van der Waals surface area contributed by atoms with Crippen LogP contribution in [0.25, 0.3) is 5.65 Å². The average Bonchev–Trinajstić information content (AvgIpc) is 3.20. The smallest absolute Gasteiger partial charge is 0.211 e. The van der Waals surface area contributed by atoms with Crippen LogP contribution in [0.3, 0.4) is 0 Å². The molecule has 2 aromatic heterocycles. The van der Waals surface area contributed by atoms with Gasteiger partial charge in [-0.15, -0.1) is 0 Å². The zero-order valence-electron chi connectivity index (χ0n) is 19.9. The average molecular weight is 590 g/mol. The number of carbonyl (C=O) groups excluding carboxylic acids is 1. The number of hydrogen-bond acceptors (Lipinski definition) is 5. The minimum absolute atomic E-state index is 0.136. The highest BCUT2D eigenvalue weighted by atomic mass is 79.9. The Labute approximate surface area is 218 Å². The molecule has 2 heterocycles. The fourth-order valence-corrected chi connectivity index (χ4v) is 5.30. The van der Waals surface area contributed by atoms with E-state index in [0.717, 1.165) is 53.5 Å². The predicted molar refractivity (Wildman–Crippen MR) is 142 cm³/mol. The first-order chi connectivity index (χ1) is 16.4. The van der Waals surface area contributed by atoms with Gasteiger partial charge < -0.3 is 9.64 Å². The number of carbonyl (C=O) groups is 1. The van der Waals surface area contributed by atoms with Gasteiger partial charge in [0.05, 0.1) is 26.8 Å². The lowest BCUT2D eigenvalue weighted by atomic mass is 10.0. The quantitative estimate of drug-likeness (QED) is 0.180. The summed E-state index contributed by atoms with van der Waals surface area (Å²) >= 11 is 7.18. The Hall–Kier alpha value is -2.21. The summed E-state index contributed by atoms with van der Waals surface area (Å²) in [5.74, 6) is 0.551. The van der Waals surface area contributed by atoms with Crippen molar-refractivity contribution in [2.24, 2.45) is 0 Å². The number of pyridine rings is 1. The van der Waals surface area contributed by atoms with Crippen molar-refractivity contribution in [3.05, 3.63) is 61.9 Å². The van der Waals surface area contributed by atoms with Gasteiger partial charge in [-0.05, 0) is 88.5 Å². The zero-order valence-corrected chi connectivity index (χ0v) is 23.1. The number of aromatic nitrogens is 2. The monoisotopic (exact) mass is 588 g/mol. The van der Waals surface area contributed by atoms with Crippen LogP contribution in [0.15, 0.2) is 39.4 Å². The molecule has 0 aliphatic heterocycles. The summed E-state index contributed by atoms with van der Waals surface area (Å²) in [4.78, 5) is 20.7. The van der Waals surface area contributed by atoms with Crippen molar-refractivity contribution in [1.29, 1.82) is 5.26 Å². The third kappa shape index (κ3) is 6.07. The van der Waals surface area contributed by atoms with Gasteiger partial charge in [-0.1, -0.05) is 27.2 Å². The highest BCUT2D eigenvalue weighted by Gasteiger charge is 2.23. The van der Waals surface area contributed by atoms with E-state index in [2.05, 4.69) is 63.6 Å². The summed E-state index contributed by atoms with van der Waals surface area (Å²) < 4.78 is 9.20. The van der Waals surface area contributed by atoms with E-state index in [-0.39, 0.29) is 5.78 Å². The van der Waals surface area contributed by atoms with Crippen molar-refractivity contribution in [3.8, 4) is 11.8 Å². The lowest BCUT2D eigenvalue weighted by molar-refractivity contribution is 0.103. The van der Waals surface area contributed by atoms with Gasteiger partial charge in [-0.3, -0.25) is 9.20 Å². The first-order valence-corrected chi connectivity index (χ1v) is 13.3. The molecule has 8 heteroatoms. The van der Waals surface area contributed by atoms with Gasteiger partial charge in [0, 0.05) is 18.3 Å². The number of unbranched alkanes of at least 4 members (excludes halogenated alkanes) is 1. The fourth-order valence-electron chi connectivity index (χ4n) is 3.89. The van der Waals surface area contributed by atoms with Crippen molar-refractivity contribution < 1.29 is 9.53 Å². The Morgan fingerprint density at radius 2 is 1.85 bits per heavy atom. The molecule has 3 aromatic rings. The molecule has 0 spiro atoms. The number of ether oxygens (including phenoxy) is 1. The summed E-state index contributed by atoms with van der Waals surface area (Å²) in [5, 5.41) is 9.34. The van der Waals surface area contributed by atoms with Crippen LogP contribution in [0, 0.1) is 11.3 Å². The molecule has 0 bridgehead atoms. The molecule has 0 unspecified atom stereocenters. The number of imidazole rings is 1. The van der Waals surface area contributed by atoms with Crippen molar-refractivity contribution in [1.82, 2.24) is 14.3 Å². The Kier molecular flexibility index (Phi) is 9.69. The Morgan fingerprint density at radius 3 is 2.47 bits per heavy atom. The summed E-state index contributed by atoms with van der Waals surface area (Å²) in [7, 11) is 0. The third-order valence-electron chi connectivity index (χ3n) is 5.82. The summed E-state index contributed by atoms with van der Waals surface area (Å²) in [6.07, 6.45) is 5.25. The van der Waals surface area contributed by atoms with E-state index < -0.39 is 0 Å². The number of nitrogens with zero attached hydrogens (tertiary/aromatic N) is 4. The third-order valence-corrected chi connectivity index (χ3v) is 7.00. The van der Waals surface area contributed by atoms with Crippen LogP contribution in [-0.2, 0) is 6.42 Å². The van der Waals surface area contributed by atoms with E-state index in [1.165, 1.54) is 0 Å². The van der Waals surface area contributed by atoms with E-state index in [0.29, 0.717) is 41.2 Å². The number of ketones is 1. The molecular formula is C26H30Br2N4O2. The largest absolute Gasteiger partial charge is 0.491 e. The molecule has 34 heavy (non-hydrogen) atoms. The number of fused-ring (bicyclic) bond motifs is 1. The van der Waals surface area contributed by atoms with E-state index in [1.54, 1.807) is 34.9 Å². The molecule has 0 N–H and O–H groups in total. The zero-order chi connectivity index (χ0) is 24.7. The standard InChI is InChI=1S/C26H30Br2N4O2/c1-4-7-9-22-24(32-17-18(16-29)10-11-23(32)30-22)25(33)19-14-20(27)26(21(28)15-19)34-13-8-12-31(5-2)6-3/h10-11,14-15,17H,4-9,12-13H2,1-3H3. The van der Waals surface area contributed by atoms with E-state index in [4.69, 9.17) is 9.72 Å². The minimum atomic E-state index is -0.136. The molecule has 0 radical (unpaired) electrons. The lowest BCUT2D eigenvalue weighted by Gasteiger charge is -2.18. The number of rotatable bonds is 12. The molecular weight excluding hydrogens is 560 g/mol. The molecule has 0 fully saturated rings. The van der Waals surface area contributed by atoms with Crippen LogP contribution >= 0.6 is 31.9 Å². The number of benzene rings is 1. The molecule has 0 saturated carbocycles. The summed E-state index contributed by atoms with van der Waals surface area (Å²) in [6, 6.07) is 9.24. The number of hydrogen-bond donors (Lipinski definition) is 0. The molecule has 0 aliphatic carbocycles. The number of halogens is 2. The molecule has 0 saturated heterocycles. The maximum Gasteiger partial charge on any atom is 0.211 e. The second kappa shape index (κ2) is 12.5. The maximum atomic E-state index is 13.7. The predicted octanol–water partition coefficient (Wildman–Crippen LogP) is 6.42. The summed E-state index contributed by atoms with van der Waals surface area (Å²) in [5.41, 5.74) is 2.94. The molecule has 0 atom stereocenters. The fraction of sp³-hybridized carbons (Fsp3) is 0.423. The first kappa shape index (κ1) is 26.4. The van der Waals surface area contributed by atoms with Gasteiger partial charge in [-0.25, -0.2) is 4.98 Å². The Morgan fingerprint density at radius 1 is 1.15 bits per heavy atom. The Balaban J connectivity index is 1.89. The normalized spacial score (nSPS) is 11.2. The first-order valence-electron chi connectivity index (χ1n) is 11.7. The topological polar surface area (TPSA) is 70.6 Å². The van der Waals surface area contributed by atoms with Gasteiger partial charge in [0.15, 0.2) is 0 Å². The van der Waals surface area contributed by atoms with Crippen molar-refractivity contribution in [3.63, 3.8) is 0 Å². The van der Waals surface area contributed by atoms with Crippen molar-refractivity contribution in [2.75, 3.05) is 26.2 Å². The molecule has 1 aromatic carbocycles. The van der Waals surface area contributed by atoms with Crippen LogP contribution in [0.4, 0.5) is 0 Å². The van der Waals surface area contributed by atoms with Crippen LogP contribution in [0.1, 0.15) is 67.3 Å². The molecule has 180 valence electrons. The minimum Gasteiger partial charge on any atom is -0.491 e. The highest BCUT2D eigenvalue weighted by molar-refractivity contribution is 9.11. The molecule has 6 nitrogen and oxygen atoms in total. The molecule has 0 aliphatic rings. The SMILES string of the molecule is CCCCc1nc2ccc(C#N)cn2c1C(=O)c1cc(Br)c(OCCCN(CC)CC)c(Br)c1. The second-order valence-electron chi connectivity index (χ2n) is 8.10. The second-order valence-corrected chi connectivity index (χ2v) is 9.80. The molecule has 3 rings (SSSR count). The molecule has 0 amide bonds. The highest BCUT2D eigenvalue weighted by Crippen LogP contribution is 2.36. The number of aryl methyl sites for hydroxylation is 1. The van der Waals surface area contributed by atoms with E-state index in [1.807, 2.05) is 0 Å². The van der Waals surface area contributed by atoms with Gasteiger partial charge in [-0.2, -0.15) is 5.26 Å². The van der Waals surface area contributed by atoms with Gasteiger partial charge in [0.25, 0.3) is 0 Å². The van der Waals surface area contributed by atoms with Gasteiger partial charge >= 0.3 is 0 Å². The van der Waals surface area contributed by atoms with Crippen LogP contribution in [0.2, 0.25) is 0 Å². The van der Waals surface area contributed by atoms with Gasteiger partial charge in [0.1, 0.15) is 23.2 Å². The van der Waals surface area contributed by atoms with Gasteiger partial charge in [0.2, 0.25) is 5.78 Å². The lowest BCUT2D eigenvalue weighted by Crippen LogP contribution is -2.25. The van der Waals surface area contributed by atoms with Crippen molar-refractivity contribution in [2.45, 2.75) is 46.5 Å². The van der Waals surface area contributed by atoms with E-state index in [9.17, 15) is 10.1 Å². The maximum absolute atomic E-state index is 13.7. The summed E-state index contributed by atoms with van der Waals surface area (Å²) in [6.45, 7) is 10.1.